The summed E-state index contributed by atoms with van der Waals surface area (Å²) in [5.74, 6) is -7.69. The lowest BCUT2D eigenvalue weighted by atomic mass is 9.57. The quantitative estimate of drug-likeness (QED) is 0.192. The molecular weight excluding hydrogens is 508 g/mol. The van der Waals surface area contributed by atoms with Crippen molar-refractivity contribution in [3.05, 3.63) is 40.2 Å². The number of rotatable bonds is 6. The number of fused-ring (bicyclic) bond motifs is 3. The summed E-state index contributed by atoms with van der Waals surface area (Å²) in [4.78, 5) is 53.0. The lowest BCUT2D eigenvalue weighted by Crippen LogP contribution is -2.65. The number of phenols is 1. The Morgan fingerprint density at radius 2 is 1.82 bits per heavy atom. The van der Waals surface area contributed by atoms with Gasteiger partial charge in [-0.25, -0.2) is 0 Å². The Bertz CT molecular complexity index is 1350. The second-order valence-corrected chi connectivity index (χ2v) is 11.2. The number of anilines is 1. The number of nitrogens with one attached hydrogen (secondary N) is 1. The van der Waals surface area contributed by atoms with Gasteiger partial charge in [0.2, 0.25) is 11.7 Å². The molecule has 3 aliphatic carbocycles. The van der Waals surface area contributed by atoms with Crippen LogP contribution in [0.15, 0.2) is 29.0 Å². The number of benzene rings is 1. The third-order valence-corrected chi connectivity index (χ3v) is 7.91. The molecule has 0 spiro atoms. The highest BCUT2D eigenvalue weighted by molar-refractivity contribution is 6.24. The first-order chi connectivity index (χ1) is 18.1. The fourth-order valence-corrected chi connectivity index (χ4v) is 6.16. The molecule has 9 N–H and O–H groups in total. The van der Waals surface area contributed by atoms with E-state index in [0.29, 0.717) is 12.0 Å². The number of hydrogen-bond donors (Lipinski definition) is 7. The minimum absolute atomic E-state index is 0.00489. The van der Waals surface area contributed by atoms with Gasteiger partial charge in [0.15, 0.2) is 11.4 Å². The van der Waals surface area contributed by atoms with E-state index >= 15 is 0 Å². The molecule has 0 saturated heterocycles. The van der Waals surface area contributed by atoms with Crippen LogP contribution < -0.4 is 16.8 Å². The molecule has 0 bridgehead atoms. The first-order valence-corrected chi connectivity index (χ1v) is 12.7. The van der Waals surface area contributed by atoms with Gasteiger partial charge in [0.1, 0.15) is 22.8 Å². The van der Waals surface area contributed by atoms with Crippen molar-refractivity contribution in [3.63, 3.8) is 0 Å². The fraction of sp³-hybridized carbons (Fsp3) is 0.481. The summed E-state index contributed by atoms with van der Waals surface area (Å²) in [6.07, 6.45) is 0.557. The molecule has 2 unspecified atom stereocenters. The highest BCUT2D eigenvalue weighted by atomic mass is 16.3. The Morgan fingerprint density at radius 1 is 1.18 bits per heavy atom. The second kappa shape index (κ2) is 9.78. The number of aliphatic hydroxyl groups excluding tert-OH is 2. The molecule has 210 valence electrons. The molecule has 1 saturated carbocycles. The van der Waals surface area contributed by atoms with Crippen molar-refractivity contribution in [1.82, 2.24) is 4.90 Å². The second-order valence-electron chi connectivity index (χ2n) is 11.2. The summed E-state index contributed by atoms with van der Waals surface area (Å²) in [7, 11) is 3.07. The smallest absolute Gasteiger partial charge is 0.255 e. The van der Waals surface area contributed by atoms with Crippen molar-refractivity contribution in [3.8, 4) is 5.75 Å². The Kier molecular flexibility index (Phi) is 7.09. The number of nitrogens with zero attached hydrogens (tertiary/aromatic N) is 1. The predicted octanol–water partition coefficient (Wildman–Crippen LogP) is 0.276. The summed E-state index contributed by atoms with van der Waals surface area (Å²) < 4.78 is 0. The Balaban J connectivity index is 1.82. The third kappa shape index (κ3) is 4.28. The minimum atomic E-state index is -2.71. The highest BCUT2D eigenvalue weighted by Crippen LogP contribution is 2.53. The van der Waals surface area contributed by atoms with Gasteiger partial charge in [-0.2, -0.15) is 0 Å². The van der Waals surface area contributed by atoms with Gasteiger partial charge < -0.3 is 37.2 Å². The number of amides is 2. The molecule has 5 atom stereocenters. The Morgan fingerprint density at radius 3 is 2.38 bits per heavy atom. The molecule has 39 heavy (non-hydrogen) atoms. The molecular formula is C27H34N4O8. The van der Waals surface area contributed by atoms with Gasteiger partial charge >= 0.3 is 0 Å². The number of likely N-dealkylation sites (N-methyl/N-ethyl adjacent to an activating group) is 1. The van der Waals surface area contributed by atoms with Crippen LogP contribution in [-0.4, -0.2) is 80.5 Å². The van der Waals surface area contributed by atoms with Gasteiger partial charge in [0.05, 0.1) is 23.3 Å². The number of primary amides is 1. The van der Waals surface area contributed by atoms with E-state index in [0.717, 1.165) is 0 Å². The third-order valence-electron chi connectivity index (χ3n) is 7.91. The van der Waals surface area contributed by atoms with E-state index in [4.69, 9.17) is 11.5 Å². The number of ketones is 2. The largest absolute Gasteiger partial charge is 0.508 e. The molecule has 3 aliphatic rings. The van der Waals surface area contributed by atoms with Crippen LogP contribution in [0.25, 0.3) is 5.76 Å². The van der Waals surface area contributed by atoms with Crippen molar-refractivity contribution >= 4 is 34.8 Å². The SMILES string of the molecule is CC(C)C[C@@H](N)C(=O)Nc1ccc2c(c1O)C(O)=C1C(=O)[C@]3(O)C(O)=C(C(N)=O)C(=O)[C@@H](N(C)C)C3CC1C2. The van der Waals surface area contributed by atoms with E-state index in [2.05, 4.69) is 5.32 Å². The first-order valence-electron chi connectivity index (χ1n) is 12.7. The fourth-order valence-electron chi connectivity index (χ4n) is 6.16. The molecule has 1 aromatic rings. The number of aromatic hydroxyl groups is 1. The number of hydrogen-bond acceptors (Lipinski definition) is 10. The average molecular weight is 543 g/mol. The summed E-state index contributed by atoms with van der Waals surface area (Å²) in [5, 5.41) is 47.3. The molecule has 1 aromatic carbocycles. The van der Waals surface area contributed by atoms with Crippen LogP contribution in [0.5, 0.6) is 5.75 Å². The zero-order chi connectivity index (χ0) is 29.1. The molecule has 4 rings (SSSR count). The minimum Gasteiger partial charge on any atom is -0.508 e. The summed E-state index contributed by atoms with van der Waals surface area (Å²) >= 11 is 0. The van der Waals surface area contributed by atoms with Gasteiger partial charge in [-0.3, -0.25) is 24.1 Å². The number of phenolic OH excluding ortho intramolecular Hbond substituents is 1. The van der Waals surface area contributed by atoms with Crippen LogP contribution >= 0.6 is 0 Å². The van der Waals surface area contributed by atoms with Gasteiger partial charge in [-0.15, -0.1) is 0 Å². The first kappa shape index (κ1) is 28.3. The zero-order valence-corrected chi connectivity index (χ0v) is 22.2. The number of aliphatic hydroxyl groups is 3. The van der Waals surface area contributed by atoms with Crippen molar-refractivity contribution in [1.29, 1.82) is 0 Å². The van der Waals surface area contributed by atoms with Crippen LogP contribution in [-0.2, 0) is 25.6 Å². The van der Waals surface area contributed by atoms with E-state index in [-0.39, 0.29) is 35.6 Å². The van der Waals surface area contributed by atoms with E-state index in [1.807, 2.05) is 13.8 Å². The molecule has 12 heteroatoms. The molecule has 2 amide bonds. The van der Waals surface area contributed by atoms with E-state index in [1.54, 1.807) is 6.07 Å². The molecule has 0 radical (unpaired) electrons. The maximum atomic E-state index is 13.8. The lowest BCUT2D eigenvalue weighted by molar-refractivity contribution is -0.153. The summed E-state index contributed by atoms with van der Waals surface area (Å²) in [6, 6.07) is 1.07. The van der Waals surface area contributed by atoms with E-state index in [9.17, 15) is 39.6 Å². The highest BCUT2D eigenvalue weighted by Gasteiger charge is 2.64. The van der Waals surface area contributed by atoms with Crippen molar-refractivity contribution in [2.45, 2.75) is 50.8 Å². The summed E-state index contributed by atoms with van der Waals surface area (Å²) in [5.41, 5.74) is 7.75. The number of carbonyl (C=O) groups excluding carboxylic acids is 4. The zero-order valence-electron chi connectivity index (χ0n) is 22.2. The standard InChI is InChI=1S/C27H34N4O8/c1-10(2)7-14(28)26(38)30-15-6-5-11-8-12-9-13-19(31(3)4)22(34)18(25(29)37)24(36)27(13,39)23(35)17(12)21(33)16(11)20(15)32/h5-6,10,12-14,19,32-33,36,39H,7-9,28H2,1-4H3,(H2,29,37)(H,30,38)/t12?,13?,14-,19+,27+/m1/s1. The topological polar surface area (TPSA) is 217 Å². The molecule has 12 nitrogen and oxygen atoms in total. The van der Waals surface area contributed by atoms with Crippen molar-refractivity contribution in [2.75, 3.05) is 19.4 Å². The normalized spacial score (nSPS) is 27.3. The predicted molar refractivity (Wildman–Crippen MR) is 140 cm³/mol. The van der Waals surface area contributed by atoms with Gasteiger partial charge in [0, 0.05) is 11.5 Å². The molecule has 0 heterocycles. The Hall–Kier alpha value is -3.74. The Labute approximate surface area is 225 Å². The van der Waals surface area contributed by atoms with Gasteiger partial charge in [-0.05, 0) is 56.8 Å². The van der Waals surface area contributed by atoms with Crippen LogP contribution in [0.4, 0.5) is 5.69 Å². The van der Waals surface area contributed by atoms with Crippen LogP contribution in [0.2, 0.25) is 0 Å². The van der Waals surface area contributed by atoms with Crippen molar-refractivity contribution < 1.29 is 39.6 Å². The number of Topliss-reactive ketones (excluding diaryl/α,β-unsaturated/α-hetero) is 2. The average Bonchev–Trinajstić information content (AvgIpc) is 2.82. The van der Waals surface area contributed by atoms with E-state index < -0.39 is 75.7 Å². The van der Waals surface area contributed by atoms with Crippen LogP contribution in [0.1, 0.15) is 37.8 Å². The molecule has 1 fully saturated rings. The maximum absolute atomic E-state index is 13.8. The van der Waals surface area contributed by atoms with Gasteiger partial charge in [-0.1, -0.05) is 19.9 Å². The molecule has 0 aliphatic heterocycles. The maximum Gasteiger partial charge on any atom is 0.255 e. The van der Waals surface area contributed by atoms with Crippen LogP contribution in [0.3, 0.4) is 0 Å². The van der Waals surface area contributed by atoms with Gasteiger partial charge in [0.25, 0.3) is 5.91 Å². The summed E-state index contributed by atoms with van der Waals surface area (Å²) in [6.45, 7) is 3.82. The number of nitrogens with two attached hydrogens (primary N) is 2. The number of carbonyl (C=O) groups is 4. The van der Waals surface area contributed by atoms with Crippen molar-refractivity contribution in [2.24, 2.45) is 29.2 Å². The van der Waals surface area contributed by atoms with E-state index in [1.165, 1.54) is 25.1 Å². The van der Waals surface area contributed by atoms with Crippen LogP contribution in [0, 0.1) is 17.8 Å². The lowest BCUT2D eigenvalue weighted by Gasteiger charge is -2.50. The monoisotopic (exact) mass is 542 g/mol. The molecule has 0 aromatic heterocycles.